The molecule has 7 rings (SSSR count). The molecule has 4 saturated heterocycles. The summed E-state index contributed by atoms with van der Waals surface area (Å²) in [6.45, 7) is 10.3. The Balaban J connectivity index is 1.09. The highest BCUT2D eigenvalue weighted by Gasteiger charge is 2.69. The lowest BCUT2D eigenvalue weighted by Crippen LogP contribution is -2.70. The van der Waals surface area contributed by atoms with Gasteiger partial charge in [-0.15, -0.1) is 0 Å². The number of nitrogens with zero attached hydrogens (tertiary/aromatic N) is 1. The van der Waals surface area contributed by atoms with Crippen molar-refractivity contribution in [3.05, 3.63) is 59.2 Å². The minimum absolute atomic E-state index is 0.0851. The Morgan fingerprint density at radius 1 is 1.05 bits per heavy atom. The Hall–Kier alpha value is -2.98. The number of carbonyl (C=O) groups is 1. The van der Waals surface area contributed by atoms with Crippen LogP contribution in [0.3, 0.4) is 0 Å². The van der Waals surface area contributed by atoms with Crippen molar-refractivity contribution in [1.82, 2.24) is 5.43 Å². The summed E-state index contributed by atoms with van der Waals surface area (Å²) in [5.74, 6) is 0.996. The van der Waals surface area contributed by atoms with Crippen LogP contribution in [0.15, 0.2) is 47.6 Å². The van der Waals surface area contributed by atoms with E-state index in [1.807, 2.05) is 63.2 Å². The third kappa shape index (κ3) is 4.89. The minimum atomic E-state index is -0.812. The Labute approximate surface area is 235 Å². The number of urea groups is 1. The number of nitrogens with one attached hydrogen (secondary N) is 2. The Kier molecular flexibility index (Phi) is 7.11. The largest absolute Gasteiger partial charge is 0.465 e. The highest BCUT2D eigenvalue weighted by Crippen LogP contribution is 2.60. The van der Waals surface area contributed by atoms with E-state index in [1.165, 1.54) is 0 Å². The lowest BCUT2D eigenvalue weighted by atomic mass is 9.58. The first-order chi connectivity index (χ1) is 19.2. The van der Waals surface area contributed by atoms with Crippen LogP contribution in [0.5, 0.6) is 5.75 Å². The maximum absolute atomic E-state index is 12.3. The van der Waals surface area contributed by atoms with Crippen LogP contribution < -0.4 is 15.5 Å². The van der Waals surface area contributed by atoms with Gasteiger partial charge in [-0.1, -0.05) is 26.0 Å². The number of anilines is 1. The van der Waals surface area contributed by atoms with Crippen LogP contribution in [0.25, 0.3) is 0 Å². The second-order valence-corrected chi connectivity index (χ2v) is 12.1. The number of aryl methyl sites for hydroxylation is 2. The van der Waals surface area contributed by atoms with Gasteiger partial charge in [-0.05, 0) is 98.9 Å². The maximum atomic E-state index is 12.3. The fourth-order valence-electron chi connectivity index (χ4n) is 6.96. The van der Waals surface area contributed by atoms with Crippen LogP contribution >= 0.6 is 0 Å². The van der Waals surface area contributed by atoms with Gasteiger partial charge in [0.25, 0.3) is 0 Å². The van der Waals surface area contributed by atoms with Gasteiger partial charge in [0.1, 0.15) is 5.75 Å². The second-order valence-electron chi connectivity index (χ2n) is 12.1. The number of amides is 2. The van der Waals surface area contributed by atoms with Gasteiger partial charge < -0.3 is 19.5 Å². The quantitative estimate of drug-likeness (QED) is 0.268. The van der Waals surface area contributed by atoms with Gasteiger partial charge in [-0.2, -0.15) is 5.10 Å². The molecule has 2 bridgehead atoms. The molecule has 9 nitrogen and oxygen atoms in total. The van der Waals surface area contributed by atoms with Crippen molar-refractivity contribution < 1.29 is 28.8 Å². The molecule has 214 valence electrons. The third-order valence-corrected chi connectivity index (χ3v) is 9.25. The highest BCUT2D eigenvalue weighted by atomic mass is 17.3. The third-order valence-electron chi connectivity index (χ3n) is 9.25. The molecule has 2 amide bonds. The fourth-order valence-corrected chi connectivity index (χ4v) is 6.96. The number of hydrogen-bond acceptors (Lipinski definition) is 7. The zero-order valence-electron chi connectivity index (χ0n) is 23.8. The first-order valence-corrected chi connectivity index (χ1v) is 14.3. The van der Waals surface area contributed by atoms with E-state index in [2.05, 4.69) is 29.7 Å². The molecule has 4 aliphatic heterocycles. The lowest BCUT2D eigenvalue weighted by molar-refractivity contribution is -0.575. The SMILES string of the molecule is Cc1ccc(C)c(NC(=O)N/N=C/c2ccc(O[C@H]3O[C@@H]4OC5(C)CC[C@H]6[C@H](C)CC[C@@H]([C@H]3C)[C@@]46OO5)cc2)c1. The molecular weight excluding hydrogens is 510 g/mol. The first-order valence-electron chi connectivity index (χ1n) is 14.3. The van der Waals surface area contributed by atoms with Crippen LogP contribution in [0.4, 0.5) is 10.5 Å². The van der Waals surface area contributed by atoms with Crippen molar-refractivity contribution in [1.29, 1.82) is 0 Å². The molecule has 8 atom stereocenters. The summed E-state index contributed by atoms with van der Waals surface area (Å²) in [5.41, 5.74) is 5.54. The van der Waals surface area contributed by atoms with Crippen molar-refractivity contribution in [2.24, 2.45) is 28.8 Å². The van der Waals surface area contributed by atoms with Gasteiger partial charge in [0, 0.05) is 23.9 Å². The topological polar surface area (TPSA) is 99.6 Å². The molecule has 0 radical (unpaired) electrons. The summed E-state index contributed by atoms with van der Waals surface area (Å²) in [7, 11) is 0. The molecule has 2 N–H and O–H groups in total. The standard InChI is InChI=1S/C31H39N3O6/c1-18-6-7-20(3)26(16-18)33-29(35)34-32-17-22-9-11-23(12-10-22)36-27-21(4)25-13-8-19(2)24-14-15-30(5)38-28(37-27)31(24,25)40-39-30/h6-7,9-12,16-17,19,21,24-25,27-28H,8,13-15H2,1-5H3,(H2,33,34,35)/b32-17+/t19-,21-,24+,25+,27+,28-,30?,31-/m1/s1. The van der Waals surface area contributed by atoms with Gasteiger partial charge in [0.05, 0.1) is 6.21 Å². The van der Waals surface area contributed by atoms with Crippen molar-refractivity contribution in [2.45, 2.75) is 84.3 Å². The number of hydrazone groups is 1. The van der Waals surface area contributed by atoms with Crippen molar-refractivity contribution in [3.63, 3.8) is 0 Å². The maximum Gasteiger partial charge on any atom is 0.339 e. The summed E-state index contributed by atoms with van der Waals surface area (Å²) >= 11 is 0. The predicted octanol–water partition coefficient (Wildman–Crippen LogP) is 6.05. The Bertz CT molecular complexity index is 1280. The average Bonchev–Trinajstić information content (AvgIpc) is 3.16. The van der Waals surface area contributed by atoms with Crippen LogP contribution in [0.1, 0.15) is 63.1 Å². The number of ether oxygens (including phenoxy) is 3. The monoisotopic (exact) mass is 549 g/mol. The zero-order valence-corrected chi connectivity index (χ0v) is 23.8. The number of carbonyl (C=O) groups excluding carboxylic acids is 1. The number of hydrogen-bond donors (Lipinski definition) is 2. The van der Waals surface area contributed by atoms with Gasteiger partial charge >= 0.3 is 6.03 Å². The van der Waals surface area contributed by atoms with Crippen molar-refractivity contribution in [2.75, 3.05) is 5.32 Å². The van der Waals surface area contributed by atoms with E-state index in [4.69, 9.17) is 24.0 Å². The van der Waals surface area contributed by atoms with Crippen LogP contribution in [-0.2, 0) is 19.2 Å². The second kappa shape index (κ2) is 10.4. The van der Waals surface area contributed by atoms with E-state index in [1.54, 1.807) is 6.21 Å². The molecule has 4 heterocycles. The van der Waals surface area contributed by atoms with E-state index >= 15 is 0 Å². The predicted molar refractivity (Wildman–Crippen MR) is 150 cm³/mol. The smallest absolute Gasteiger partial charge is 0.339 e. The summed E-state index contributed by atoms with van der Waals surface area (Å²) in [5, 5.41) is 6.90. The molecule has 2 aromatic carbocycles. The molecule has 1 spiro atoms. The van der Waals surface area contributed by atoms with Gasteiger partial charge in [0.15, 0.2) is 11.9 Å². The molecule has 2 aromatic rings. The molecule has 0 aromatic heterocycles. The minimum Gasteiger partial charge on any atom is -0.465 e. The molecule has 40 heavy (non-hydrogen) atoms. The lowest BCUT2D eigenvalue weighted by Gasteiger charge is -2.60. The molecule has 1 unspecified atom stereocenters. The fraction of sp³-hybridized carbons (Fsp3) is 0.548. The molecule has 1 aliphatic carbocycles. The van der Waals surface area contributed by atoms with Crippen molar-refractivity contribution >= 4 is 17.9 Å². The van der Waals surface area contributed by atoms with E-state index in [0.29, 0.717) is 17.6 Å². The normalized spacial score (nSPS) is 36.5. The van der Waals surface area contributed by atoms with E-state index in [-0.39, 0.29) is 11.8 Å². The van der Waals surface area contributed by atoms with Crippen LogP contribution in [0, 0.1) is 37.5 Å². The van der Waals surface area contributed by atoms with Gasteiger partial charge in [-0.25, -0.2) is 20.0 Å². The number of fused-ring (bicyclic) bond motifs is 2. The highest BCUT2D eigenvalue weighted by molar-refractivity contribution is 5.91. The Morgan fingerprint density at radius 2 is 1.85 bits per heavy atom. The summed E-state index contributed by atoms with van der Waals surface area (Å²) in [6, 6.07) is 13.0. The molecular formula is C31H39N3O6. The summed E-state index contributed by atoms with van der Waals surface area (Å²) in [6.07, 6.45) is 4.51. The van der Waals surface area contributed by atoms with E-state index in [0.717, 1.165) is 48.1 Å². The molecule has 5 aliphatic rings. The number of benzene rings is 2. The first kappa shape index (κ1) is 27.2. The molecule has 5 fully saturated rings. The average molecular weight is 550 g/mol. The van der Waals surface area contributed by atoms with E-state index < -0.39 is 30.0 Å². The van der Waals surface area contributed by atoms with Gasteiger partial charge in [0.2, 0.25) is 12.1 Å². The van der Waals surface area contributed by atoms with Gasteiger partial charge in [-0.3, -0.25) is 0 Å². The van der Waals surface area contributed by atoms with Crippen LogP contribution in [0.2, 0.25) is 0 Å². The summed E-state index contributed by atoms with van der Waals surface area (Å²) in [4.78, 5) is 24.4. The zero-order chi connectivity index (χ0) is 28.1. The molecule has 1 saturated carbocycles. The molecule has 9 heteroatoms. The number of rotatable bonds is 5. The Morgan fingerprint density at radius 3 is 2.65 bits per heavy atom. The van der Waals surface area contributed by atoms with Crippen LogP contribution in [-0.4, -0.2) is 36.2 Å². The van der Waals surface area contributed by atoms with E-state index in [9.17, 15) is 4.79 Å². The van der Waals surface area contributed by atoms with Crippen molar-refractivity contribution in [3.8, 4) is 5.75 Å². The summed E-state index contributed by atoms with van der Waals surface area (Å²) < 4.78 is 19.3.